The first-order valence-electron chi connectivity index (χ1n) is 11.2. The van der Waals surface area contributed by atoms with Crippen LogP contribution in [-0.2, 0) is 11.4 Å². The molecule has 0 bridgehead atoms. The first-order valence-corrected chi connectivity index (χ1v) is 12.4. The quantitative estimate of drug-likeness (QED) is 0.176. The van der Waals surface area contributed by atoms with Crippen LogP contribution in [0.25, 0.3) is 16.8 Å². The van der Waals surface area contributed by atoms with Crippen LogP contribution in [-0.4, -0.2) is 12.5 Å². The molecule has 0 aliphatic heterocycles. The lowest BCUT2D eigenvalue weighted by atomic mass is 10.1. The Kier molecular flexibility index (Phi) is 8.27. The van der Waals surface area contributed by atoms with Gasteiger partial charge in [-0.15, -0.1) is 0 Å². The number of amides is 1. The molecule has 0 saturated carbocycles. The maximum Gasteiger partial charge on any atom is 0.266 e. The van der Waals surface area contributed by atoms with Crippen molar-refractivity contribution < 1.29 is 14.3 Å². The van der Waals surface area contributed by atoms with E-state index in [1.807, 2.05) is 73.7 Å². The van der Waals surface area contributed by atoms with Crippen molar-refractivity contribution in [2.75, 3.05) is 11.9 Å². The fourth-order valence-electron chi connectivity index (χ4n) is 3.68. The second-order valence-corrected chi connectivity index (χ2v) is 9.06. The number of carbonyl (C=O) groups is 1. The number of nitrogens with one attached hydrogen (secondary N) is 1. The molecule has 180 valence electrons. The lowest BCUT2D eigenvalue weighted by molar-refractivity contribution is -0.112. The standard InChI is InChI=1S/C29H22BrClN2O3/c1-2-35-27-16-19(15-24(30)28(27)36-18-21-9-4-6-12-25(21)31)14-22(17-32)29(34)33-26-13-7-10-20-8-3-5-11-23(20)26/h3-16H,2,18H2,1H3,(H,33,34)/b22-14+. The Balaban J connectivity index is 1.60. The van der Waals surface area contributed by atoms with E-state index in [4.69, 9.17) is 21.1 Å². The monoisotopic (exact) mass is 560 g/mol. The number of hydrogen-bond donors (Lipinski definition) is 1. The maximum absolute atomic E-state index is 13.0. The van der Waals surface area contributed by atoms with Gasteiger partial charge in [0.2, 0.25) is 0 Å². The third-order valence-electron chi connectivity index (χ3n) is 5.38. The number of carbonyl (C=O) groups excluding carboxylic acids is 1. The number of halogens is 2. The zero-order chi connectivity index (χ0) is 25.5. The van der Waals surface area contributed by atoms with Crippen LogP contribution in [0.5, 0.6) is 11.5 Å². The van der Waals surface area contributed by atoms with Crippen LogP contribution in [0.2, 0.25) is 5.02 Å². The van der Waals surface area contributed by atoms with Crippen molar-refractivity contribution in [3.63, 3.8) is 0 Å². The van der Waals surface area contributed by atoms with Gasteiger partial charge in [0.15, 0.2) is 11.5 Å². The molecule has 0 fully saturated rings. The Bertz CT molecular complexity index is 1490. The summed E-state index contributed by atoms with van der Waals surface area (Å²) in [7, 11) is 0. The molecule has 4 rings (SSSR count). The number of anilines is 1. The van der Waals surface area contributed by atoms with Crippen LogP contribution >= 0.6 is 27.5 Å². The summed E-state index contributed by atoms with van der Waals surface area (Å²) in [5.41, 5.74) is 2.05. The number of nitrogens with zero attached hydrogens (tertiary/aromatic N) is 1. The molecule has 0 unspecified atom stereocenters. The van der Waals surface area contributed by atoms with E-state index in [0.717, 1.165) is 16.3 Å². The number of nitriles is 1. The number of rotatable bonds is 8. The molecule has 0 atom stereocenters. The maximum atomic E-state index is 13.0. The Morgan fingerprint density at radius 1 is 1.06 bits per heavy atom. The highest BCUT2D eigenvalue weighted by Crippen LogP contribution is 2.38. The molecule has 0 aromatic heterocycles. The summed E-state index contributed by atoms with van der Waals surface area (Å²) in [5, 5.41) is 15.1. The molecule has 7 heteroatoms. The van der Waals surface area contributed by atoms with Crippen molar-refractivity contribution in [3.8, 4) is 17.6 Å². The highest BCUT2D eigenvalue weighted by atomic mass is 79.9. The van der Waals surface area contributed by atoms with Gasteiger partial charge >= 0.3 is 0 Å². The van der Waals surface area contributed by atoms with E-state index in [2.05, 4.69) is 21.2 Å². The zero-order valence-corrected chi connectivity index (χ0v) is 21.8. The molecule has 4 aromatic rings. The van der Waals surface area contributed by atoms with E-state index in [1.165, 1.54) is 6.08 Å². The highest BCUT2D eigenvalue weighted by molar-refractivity contribution is 9.10. The van der Waals surface area contributed by atoms with Gasteiger partial charge in [0.25, 0.3) is 5.91 Å². The van der Waals surface area contributed by atoms with Crippen LogP contribution in [0.1, 0.15) is 18.1 Å². The van der Waals surface area contributed by atoms with Crippen LogP contribution in [0.3, 0.4) is 0 Å². The van der Waals surface area contributed by atoms with Gasteiger partial charge in [0.05, 0.1) is 11.1 Å². The average Bonchev–Trinajstić information content (AvgIpc) is 2.88. The van der Waals surface area contributed by atoms with Crippen molar-refractivity contribution in [2.45, 2.75) is 13.5 Å². The van der Waals surface area contributed by atoms with Gasteiger partial charge in [-0.25, -0.2) is 0 Å². The van der Waals surface area contributed by atoms with Gasteiger partial charge < -0.3 is 14.8 Å². The largest absolute Gasteiger partial charge is 0.490 e. The Hall–Kier alpha value is -3.79. The van der Waals surface area contributed by atoms with Crippen molar-refractivity contribution in [1.29, 1.82) is 5.26 Å². The second kappa shape index (κ2) is 11.8. The molecular formula is C29H22BrClN2O3. The molecular weight excluding hydrogens is 540 g/mol. The molecule has 5 nitrogen and oxygen atoms in total. The fourth-order valence-corrected chi connectivity index (χ4v) is 4.44. The molecule has 0 spiro atoms. The smallest absolute Gasteiger partial charge is 0.266 e. The summed E-state index contributed by atoms with van der Waals surface area (Å²) in [6.07, 6.45) is 1.52. The number of ether oxygens (including phenoxy) is 2. The van der Waals surface area contributed by atoms with E-state index < -0.39 is 5.91 Å². The summed E-state index contributed by atoms with van der Waals surface area (Å²) in [4.78, 5) is 13.0. The van der Waals surface area contributed by atoms with Crippen LogP contribution in [0.15, 0.2) is 88.9 Å². The summed E-state index contributed by atoms with van der Waals surface area (Å²) >= 11 is 9.79. The Labute approximate surface area is 223 Å². The van der Waals surface area contributed by atoms with Crippen LogP contribution < -0.4 is 14.8 Å². The van der Waals surface area contributed by atoms with Gasteiger partial charge in [-0.05, 0) is 64.1 Å². The van der Waals surface area contributed by atoms with Gasteiger partial charge in [-0.3, -0.25) is 4.79 Å². The fraction of sp³-hybridized carbons (Fsp3) is 0.103. The lowest BCUT2D eigenvalue weighted by Crippen LogP contribution is -2.13. The molecule has 0 radical (unpaired) electrons. The van der Waals surface area contributed by atoms with Crippen molar-refractivity contribution in [3.05, 3.63) is 105 Å². The van der Waals surface area contributed by atoms with Gasteiger partial charge in [0, 0.05) is 21.7 Å². The predicted molar refractivity (Wildman–Crippen MR) is 147 cm³/mol. The van der Waals surface area contributed by atoms with Gasteiger partial charge in [0.1, 0.15) is 18.2 Å². The highest BCUT2D eigenvalue weighted by Gasteiger charge is 2.16. The number of benzene rings is 4. The molecule has 0 aliphatic rings. The minimum absolute atomic E-state index is 0.0398. The van der Waals surface area contributed by atoms with Crippen LogP contribution in [0, 0.1) is 11.3 Å². The van der Waals surface area contributed by atoms with E-state index in [1.54, 1.807) is 18.2 Å². The molecule has 0 heterocycles. The van der Waals surface area contributed by atoms with E-state index in [0.29, 0.717) is 38.9 Å². The Morgan fingerprint density at radius 3 is 2.58 bits per heavy atom. The van der Waals surface area contributed by atoms with E-state index in [9.17, 15) is 10.1 Å². The molecule has 0 saturated heterocycles. The minimum atomic E-state index is -0.498. The van der Waals surface area contributed by atoms with Crippen molar-refractivity contribution in [2.24, 2.45) is 0 Å². The molecule has 4 aromatic carbocycles. The lowest BCUT2D eigenvalue weighted by Gasteiger charge is -2.15. The van der Waals surface area contributed by atoms with E-state index in [-0.39, 0.29) is 12.2 Å². The van der Waals surface area contributed by atoms with Crippen molar-refractivity contribution in [1.82, 2.24) is 0 Å². The van der Waals surface area contributed by atoms with Crippen molar-refractivity contribution >= 4 is 56.0 Å². The van der Waals surface area contributed by atoms with E-state index >= 15 is 0 Å². The summed E-state index contributed by atoms with van der Waals surface area (Å²) < 4.78 is 12.4. The molecule has 36 heavy (non-hydrogen) atoms. The third kappa shape index (κ3) is 5.88. The third-order valence-corrected chi connectivity index (χ3v) is 6.33. The molecule has 0 aliphatic carbocycles. The molecule has 1 amide bonds. The summed E-state index contributed by atoms with van der Waals surface area (Å²) in [6, 6.07) is 26.3. The average molecular weight is 562 g/mol. The normalized spacial score (nSPS) is 11.1. The predicted octanol–water partition coefficient (Wildman–Crippen LogP) is 7.78. The molecule has 1 N–H and O–H groups in total. The zero-order valence-electron chi connectivity index (χ0n) is 19.4. The van der Waals surface area contributed by atoms with Gasteiger partial charge in [-0.2, -0.15) is 5.26 Å². The topological polar surface area (TPSA) is 71.3 Å². The number of fused-ring (bicyclic) bond motifs is 1. The second-order valence-electron chi connectivity index (χ2n) is 7.79. The number of hydrogen-bond acceptors (Lipinski definition) is 4. The first kappa shape index (κ1) is 25.3. The summed E-state index contributed by atoms with van der Waals surface area (Å²) in [6.45, 7) is 2.53. The summed E-state index contributed by atoms with van der Waals surface area (Å²) in [5.74, 6) is 0.492. The van der Waals surface area contributed by atoms with Crippen LogP contribution in [0.4, 0.5) is 5.69 Å². The Morgan fingerprint density at radius 2 is 1.81 bits per heavy atom. The van der Waals surface area contributed by atoms with Gasteiger partial charge in [-0.1, -0.05) is 66.2 Å². The first-order chi connectivity index (χ1) is 17.5. The minimum Gasteiger partial charge on any atom is -0.490 e. The SMILES string of the molecule is CCOc1cc(/C=C(\C#N)C(=O)Nc2cccc3ccccc23)cc(Br)c1OCc1ccccc1Cl.